The summed E-state index contributed by atoms with van der Waals surface area (Å²) in [6, 6.07) is 35.2. The summed E-state index contributed by atoms with van der Waals surface area (Å²) in [5.41, 5.74) is 14.1. The van der Waals surface area contributed by atoms with Crippen LogP contribution in [0.5, 0.6) is 23.0 Å². The van der Waals surface area contributed by atoms with E-state index < -0.39 is 5.54 Å². The van der Waals surface area contributed by atoms with Gasteiger partial charge in [-0.2, -0.15) is 0 Å². The molecule has 0 fully saturated rings. The Bertz CT molecular complexity index is 995. The minimum absolute atomic E-state index is 0.473. The maximum Gasteiger partial charge on any atom is 0.127 e. The summed E-state index contributed by atoms with van der Waals surface area (Å²) in [7, 11) is 0. The Labute approximate surface area is 183 Å². The van der Waals surface area contributed by atoms with Gasteiger partial charge in [0.25, 0.3) is 0 Å². The van der Waals surface area contributed by atoms with E-state index in [-0.39, 0.29) is 0 Å². The van der Waals surface area contributed by atoms with Crippen LogP contribution in [0, 0.1) is 0 Å². The van der Waals surface area contributed by atoms with Crippen LogP contribution in [0.15, 0.2) is 109 Å². The first kappa shape index (κ1) is 20.7. The zero-order valence-corrected chi connectivity index (χ0v) is 17.3. The first-order chi connectivity index (χ1) is 15.2. The fourth-order valence-corrected chi connectivity index (χ4v) is 3.57. The standard InChI is InChI=1S/C27H26N2O2/c28-20-19-27(29,21-11-15-25(16-12-21)30-23-7-3-1-4-8-23)22-13-17-26(18-14-22)31-24-9-5-2-6-10-24/h1-18H,19-20,28-29H2. The van der Waals surface area contributed by atoms with Gasteiger partial charge in [0.1, 0.15) is 23.0 Å². The Morgan fingerprint density at radius 1 is 0.516 bits per heavy atom. The maximum absolute atomic E-state index is 6.89. The monoisotopic (exact) mass is 410 g/mol. The van der Waals surface area contributed by atoms with Gasteiger partial charge in [-0.05, 0) is 72.6 Å². The van der Waals surface area contributed by atoms with Crippen LogP contribution in [0.3, 0.4) is 0 Å². The van der Waals surface area contributed by atoms with Crippen molar-refractivity contribution < 1.29 is 9.47 Å². The molecule has 4 rings (SSSR count). The van der Waals surface area contributed by atoms with E-state index in [1.165, 1.54) is 0 Å². The van der Waals surface area contributed by atoms with E-state index in [1.54, 1.807) is 0 Å². The van der Waals surface area contributed by atoms with E-state index in [2.05, 4.69) is 0 Å². The molecule has 0 aliphatic rings. The minimum atomic E-state index is -0.703. The summed E-state index contributed by atoms with van der Waals surface area (Å²) in [6.45, 7) is 0.473. The third-order valence-corrected chi connectivity index (χ3v) is 5.24. The van der Waals surface area contributed by atoms with Crippen LogP contribution in [0.1, 0.15) is 17.5 Å². The fourth-order valence-electron chi connectivity index (χ4n) is 3.57. The van der Waals surface area contributed by atoms with Crippen molar-refractivity contribution in [1.29, 1.82) is 0 Å². The van der Waals surface area contributed by atoms with Crippen LogP contribution in [-0.2, 0) is 5.54 Å². The molecular weight excluding hydrogens is 384 g/mol. The Morgan fingerprint density at radius 3 is 1.23 bits per heavy atom. The second-order valence-corrected chi connectivity index (χ2v) is 7.39. The average molecular weight is 411 g/mol. The first-order valence-electron chi connectivity index (χ1n) is 10.3. The normalized spacial score (nSPS) is 11.2. The number of hydrogen-bond donors (Lipinski definition) is 2. The zero-order valence-electron chi connectivity index (χ0n) is 17.3. The van der Waals surface area contributed by atoms with Crippen molar-refractivity contribution in [1.82, 2.24) is 0 Å². The molecule has 4 heteroatoms. The lowest BCUT2D eigenvalue weighted by Crippen LogP contribution is -2.40. The Hall–Kier alpha value is -3.60. The van der Waals surface area contributed by atoms with Crippen molar-refractivity contribution in [2.24, 2.45) is 11.5 Å². The Kier molecular flexibility index (Phi) is 6.32. The maximum atomic E-state index is 6.89. The number of benzene rings is 4. The molecular formula is C27H26N2O2. The molecule has 4 N–H and O–H groups in total. The molecule has 0 aromatic heterocycles. The van der Waals surface area contributed by atoms with Crippen molar-refractivity contribution >= 4 is 0 Å². The molecule has 0 radical (unpaired) electrons. The van der Waals surface area contributed by atoms with Gasteiger partial charge in [0.15, 0.2) is 0 Å². The van der Waals surface area contributed by atoms with Crippen molar-refractivity contribution in [2.75, 3.05) is 6.54 Å². The van der Waals surface area contributed by atoms with E-state index in [0.717, 1.165) is 34.1 Å². The summed E-state index contributed by atoms with van der Waals surface area (Å²) in [6.07, 6.45) is 0.616. The van der Waals surface area contributed by atoms with Crippen molar-refractivity contribution in [3.8, 4) is 23.0 Å². The van der Waals surface area contributed by atoms with Gasteiger partial charge in [-0.15, -0.1) is 0 Å². The molecule has 4 aromatic carbocycles. The van der Waals surface area contributed by atoms with Crippen molar-refractivity contribution in [3.63, 3.8) is 0 Å². The Morgan fingerprint density at radius 2 is 0.871 bits per heavy atom. The lowest BCUT2D eigenvalue weighted by molar-refractivity contribution is 0.474. The molecule has 0 aliphatic carbocycles. The highest BCUT2D eigenvalue weighted by Gasteiger charge is 2.29. The van der Waals surface area contributed by atoms with Gasteiger partial charge in [-0.3, -0.25) is 0 Å². The van der Waals surface area contributed by atoms with E-state index in [4.69, 9.17) is 20.9 Å². The molecule has 31 heavy (non-hydrogen) atoms. The largest absolute Gasteiger partial charge is 0.457 e. The molecule has 0 spiro atoms. The van der Waals surface area contributed by atoms with Crippen LogP contribution in [0.2, 0.25) is 0 Å². The predicted molar refractivity (Wildman–Crippen MR) is 125 cm³/mol. The second kappa shape index (κ2) is 9.47. The van der Waals surface area contributed by atoms with Gasteiger partial charge in [-0.25, -0.2) is 0 Å². The number of para-hydroxylation sites is 2. The molecule has 0 heterocycles. The SMILES string of the molecule is NCCC(N)(c1ccc(Oc2ccccc2)cc1)c1ccc(Oc2ccccc2)cc1. The van der Waals surface area contributed by atoms with Crippen LogP contribution < -0.4 is 20.9 Å². The van der Waals surface area contributed by atoms with Crippen LogP contribution in [-0.4, -0.2) is 6.54 Å². The fraction of sp³-hybridized carbons (Fsp3) is 0.111. The zero-order chi connectivity index (χ0) is 21.5. The molecule has 0 aliphatic heterocycles. The summed E-state index contributed by atoms with van der Waals surface area (Å²) < 4.78 is 11.8. The molecule has 0 saturated heterocycles. The molecule has 0 amide bonds. The highest BCUT2D eigenvalue weighted by atomic mass is 16.5. The van der Waals surface area contributed by atoms with Gasteiger partial charge in [-0.1, -0.05) is 60.7 Å². The summed E-state index contributed by atoms with van der Waals surface area (Å²) in [4.78, 5) is 0. The molecule has 0 bridgehead atoms. The van der Waals surface area contributed by atoms with E-state index in [9.17, 15) is 0 Å². The van der Waals surface area contributed by atoms with E-state index in [0.29, 0.717) is 13.0 Å². The van der Waals surface area contributed by atoms with Crippen LogP contribution in [0.25, 0.3) is 0 Å². The average Bonchev–Trinajstić information content (AvgIpc) is 2.81. The summed E-state index contributed by atoms with van der Waals surface area (Å²) >= 11 is 0. The number of hydrogen-bond acceptors (Lipinski definition) is 4. The number of rotatable bonds is 8. The van der Waals surface area contributed by atoms with E-state index in [1.807, 2.05) is 109 Å². The molecule has 0 unspecified atom stereocenters. The second-order valence-electron chi connectivity index (χ2n) is 7.39. The molecule has 0 atom stereocenters. The molecule has 156 valence electrons. The van der Waals surface area contributed by atoms with Crippen LogP contribution in [0.4, 0.5) is 0 Å². The van der Waals surface area contributed by atoms with E-state index >= 15 is 0 Å². The van der Waals surface area contributed by atoms with Crippen molar-refractivity contribution in [2.45, 2.75) is 12.0 Å². The quantitative estimate of drug-likeness (QED) is 0.384. The van der Waals surface area contributed by atoms with Gasteiger partial charge in [0.05, 0.1) is 5.54 Å². The first-order valence-corrected chi connectivity index (χ1v) is 10.3. The van der Waals surface area contributed by atoms with Crippen LogP contribution >= 0.6 is 0 Å². The number of ether oxygens (including phenoxy) is 2. The summed E-state index contributed by atoms with van der Waals surface area (Å²) in [5, 5.41) is 0. The molecule has 4 nitrogen and oxygen atoms in total. The van der Waals surface area contributed by atoms with Gasteiger partial charge < -0.3 is 20.9 Å². The third-order valence-electron chi connectivity index (χ3n) is 5.24. The highest BCUT2D eigenvalue weighted by Crippen LogP contribution is 2.33. The lowest BCUT2D eigenvalue weighted by atomic mass is 9.81. The third kappa shape index (κ3) is 4.94. The molecule has 4 aromatic rings. The van der Waals surface area contributed by atoms with Crippen molar-refractivity contribution in [3.05, 3.63) is 120 Å². The van der Waals surface area contributed by atoms with Gasteiger partial charge >= 0.3 is 0 Å². The smallest absolute Gasteiger partial charge is 0.127 e. The highest BCUT2D eigenvalue weighted by molar-refractivity contribution is 5.43. The molecule has 0 saturated carbocycles. The van der Waals surface area contributed by atoms with Gasteiger partial charge in [0.2, 0.25) is 0 Å². The van der Waals surface area contributed by atoms with Gasteiger partial charge in [0, 0.05) is 0 Å². The predicted octanol–water partition coefficient (Wildman–Crippen LogP) is 5.82. The number of nitrogens with two attached hydrogens (primary N) is 2. The lowest BCUT2D eigenvalue weighted by Gasteiger charge is -2.31. The topological polar surface area (TPSA) is 70.5 Å². The summed E-state index contributed by atoms with van der Waals surface area (Å²) in [5.74, 6) is 3.11. The minimum Gasteiger partial charge on any atom is -0.457 e. The Balaban J connectivity index is 1.55.